The van der Waals surface area contributed by atoms with Gasteiger partial charge in [-0.2, -0.15) is 18.3 Å². The molecule has 0 unspecified atom stereocenters. The first-order chi connectivity index (χ1) is 18.6. The number of rotatable bonds is 10. The number of alkyl halides is 3. The number of hydrogen-bond acceptors (Lipinski definition) is 6. The number of hydrogen-bond donors (Lipinski definition) is 3. The Morgan fingerprint density at radius 2 is 1.59 bits per heavy atom. The summed E-state index contributed by atoms with van der Waals surface area (Å²) in [5, 5.41) is 8.53. The highest BCUT2D eigenvalue weighted by Gasteiger charge is 2.30. The second kappa shape index (κ2) is 13.6. The Morgan fingerprint density at radius 1 is 0.846 bits per heavy atom. The number of halogens is 3. The van der Waals surface area contributed by atoms with Crippen LogP contribution in [0.3, 0.4) is 0 Å². The van der Waals surface area contributed by atoms with Gasteiger partial charge in [0.25, 0.3) is 5.91 Å². The Hall–Kier alpha value is -4.87. The van der Waals surface area contributed by atoms with Gasteiger partial charge in [-0.1, -0.05) is 25.1 Å². The number of nitrogens with one attached hydrogen (secondary N) is 3. The average molecular weight is 543 g/mol. The second-order valence-electron chi connectivity index (χ2n) is 8.01. The van der Waals surface area contributed by atoms with E-state index in [-0.39, 0.29) is 11.4 Å². The molecule has 0 fully saturated rings. The number of anilines is 2. The van der Waals surface area contributed by atoms with Crippen molar-refractivity contribution in [1.29, 1.82) is 0 Å². The Morgan fingerprint density at radius 3 is 2.31 bits per heavy atom. The summed E-state index contributed by atoms with van der Waals surface area (Å²) < 4.78 is 49.3. The van der Waals surface area contributed by atoms with E-state index in [1.54, 1.807) is 42.5 Å². The quantitative estimate of drug-likeness (QED) is 0.197. The molecule has 0 saturated heterocycles. The van der Waals surface area contributed by atoms with Crippen LogP contribution < -0.4 is 25.5 Å². The van der Waals surface area contributed by atoms with Gasteiger partial charge in [-0.05, 0) is 66.6 Å². The molecule has 0 atom stereocenters. The maximum absolute atomic E-state index is 12.8. The van der Waals surface area contributed by atoms with E-state index in [9.17, 15) is 27.6 Å². The molecule has 0 aliphatic carbocycles. The van der Waals surface area contributed by atoms with Crippen molar-refractivity contribution in [2.75, 3.05) is 23.8 Å². The minimum absolute atomic E-state index is 0.0166. The van der Waals surface area contributed by atoms with Crippen molar-refractivity contribution >= 4 is 35.3 Å². The van der Waals surface area contributed by atoms with Gasteiger partial charge in [-0.3, -0.25) is 14.4 Å². The topological polar surface area (TPSA) is 118 Å². The molecule has 12 heteroatoms. The van der Waals surface area contributed by atoms with Crippen LogP contribution in [0.4, 0.5) is 24.5 Å². The van der Waals surface area contributed by atoms with Crippen LogP contribution in [0, 0.1) is 0 Å². The first kappa shape index (κ1) is 28.7. The molecule has 0 aliphatic rings. The molecular formula is C27H25F3N4O5. The summed E-state index contributed by atoms with van der Waals surface area (Å²) in [4.78, 5) is 36.2. The van der Waals surface area contributed by atoms with Gasteiger partial charge in [0, 0.05) is 11.4 Å². The lowest BCUT2D eigenvalue weighted by molar-refractivity contribution is -0.137. The molecule has 9 nitrogen and oxygen atoms in total. The predicted octanol–water partition coefficient (Wildman–Crippen LogP) is 4.60. The number of carbonyl (C=O) groups is 3. The second-order valence-corrected chi connectivity index (χ2v) is 8.01. The van der Waals surface area contributed by atoms with E-state index < -0.39 is 36.1 Å². The number of hydrazone groups is 1. The van der Waals surface area contributed by atoms with Crippen molar-refractivity contribution in [3.8, 4) is 11.5 Å². The molecule has 204 valence electrons. The van der Waals surface area contributed by atoms with Gasteiger partial charge >= 0.3 is 18.0 Å². The van der Waals surface area contributed by atoms with E-state index in [2.05, 4.69) is 21.2 Å². The Bertz CT molecular complexity index is 1330. The summed E-state index contributed by atoms with van der Waals surface area (Å²) >= 11 is 0. The lowest BCUT2D eigenvalue weighted by Crippen LogP contribution is -2.32. The standard InChI is InChI=1S/C27H25F3N4O5/c1-2-13-38-22-11-9-20(10-12-22)33-25(36)26(37)34-31-16-18-5-3-8-23(14-18)39-17-24(35)32-21-7-4-6-19(15-21)27(28,29)30/h3-12,14-16H,2,13,17H2,1H3,(H,32,35)(H,33,36)(H,34,37)/b31-16-. The zero-order chi connectivity index (χ0) is 28.3. The minimum Gasteiger partial charge on any atom is -0.494 e. The molecule has 3 N–H and O–H groups in total. The summed E-state index contributed by atoms with van der Waals surface area (Å²) in [6, 6.07) is 17.1. The van der Waals surface area contributed by atoms with Gasteiger partial charge in [-0.25, -0.2) is 5.43 Å². The number of nitrogens with zero attached hydrogens (tertiary/aromatic N) is 1. The van der Waals surface area contributed by atoms with Gasteiger partial charge in [0.1, 0.15) is 11.5 Å². The zero-order valence-corrected chi connectivity index (χ0v) is 20.7. The first-order valence-electron chi connectivity index (χ1n) is 11.7. The Labute approximate surface area is 222 Å². The molecular weight excluding hydrogens is 517 g/mol. The van der Waals surface area contributed by atoms with Gasteiger partial charge < -0.3 is 20.1 Å². The van der Waals surface area contributed by atoms with Crippen LogP contribution in [0.25, 0.3) is 0 Å². The molecule has 0 aliphatic heterocycles. The van der Waals surface area contributed by atoms with Crippen LogP contribution >= 0.6 is 0 Å². The van der Waals surface area contributed by atoms with E-state index in [0.29, 0.717) is 23.6 Å². The molecule has 0 bridgehead atoms. The third-order valence-electron chi connectivity index (χ3n) is 4.87. The van der Waals surface area contributed by atoms with Crippen molar-refractivity contribution in [3.63, 3.8) is 0 Å². The lowest BCUT2D eigenvalue weighted by atomic mass is 10.2. The van der Waals surface area contributed by atoms with Crippen molar-refractivity contribution in [1.82, 2.24) is 5.43 Å². The first-order valence-corrected chi connectivity index (χ1v) is 11.7. The molecule has 3 aromatic carbocycles. The molecule has 3 amide bonds. The van der Waals surface area contributed by atoms with Crippen LogP contribution in [-0.2, 0) is 20.6 Å². The fourth-order valence-electron chi connectivity index (χ4n) is 3.06. The van der Waals surface area contributed by atoms with Crippen LogP contribution in [0.15, 0.2) is 77.9 Å². The summed E-state index contributed by atoms with van der Waals surface area (Å²) in [5.41, 5.74) is 2.10. The zero-order valence-electron chi connectivity index (χ0n) is 20.7. The SMILES string of the molecule is CCCOc1ccc(NC(=O)C(=O)N/N=C\c2cccc(OCC(=O)Nc3cccc(C(F)(F)F)c3)c2)cc1. The molecule has 0 spiro atoms. The van der Waals surface area contributed by atoms with Crippen molar-refractivity contribution in [3.05, 3.63) is 83.9 Å². The molecule has 0 aromatic heterocycles. The third kappa shape index (κ3) is 9.50. The number of ether oxygens (including phenoxy) is 2. The number of benzene rings is 3. The monoisotopic (exact) mass is 542 g/mol. The highest BCUT2D eigenvalue weighted by molar-refractivity contribution is 6.39. The normalized spacial score (nSPS) is 11.1. The lowest BCUT2D eigenvalue weighted by Gasteiger charge is -2.10. The van der Waals surface area contributed by atoms with E-state index in [1.165, 1.54) is 24.4 Å². The summed E-state index contributed by atoms with van der Waals surface area (Å²) in [5.74, 6) is -1.65. The van der Waals surface area contributed by atoms with E-state index in [0.717, 1.165) is 18.6 Å². The maximum Gasteiger partial charge on any atom is 0.416 e. The van der Waals surface area contributed by atoms with Crippen LogP contribution in [0.2, 0.25) is 0 Å². The fraction of sp³-hybridized carbons (Fsp3) is 0.185. The molecule has 3 rings (SSSR count). The van der Waals surface area contributed by atoms with Gasteiger partial charge in [0.05, 0.1) is 18.4 Å². The predicted molar refractivity (Wildman–Crippen MR) is 139 cm³/mol. The molecule has 0 heterocycles. The molecule has 0 radical (unpaired) electrons. The third-order valence-corrected chi connectivity index (χ3v) is 4.87. The molecule has 39 heavy (non-hydrogen) atoms. The largest absolute Gasteiger partial charge is 0.494 e. The minimum atomic E-state index is -4.53. The van der Waals surface area contributed by atoms with Crippen LogP contribution in [0.5, 0.6) is 11.5 Å². The summed E-state index contributed by atoms with van der Waals surface area (Å²) in [6.07, 6.45) is -2.40. The fourth-order valence-corrected chi connectivity index (χ4v) is 3.06. The van der Waals surface area contributed by atoms with Crippen LogP contribution in [0.1, 0.15) is 24.5 Å². The number of carbonyl (C=O) groups excluding carboxylic acids is 3. The Kier molecular flexibility index (Phi) is 10.0. The van der Waals surface area contributed by atoms with Gasteiger partial charge in [-0.15, -0.1) is 0 Å². The Balaban J connectivity index is 1.46. The smallest absolute Gasteiger partial charge is 0.416 e. The number of amides is 3. The van der Waals surface area contributed by atoms with Crippen molar-refractivity contribution in [2.45, 2.75) is 19.5 Å². The highest BCUT2D eigenvalue weighted by atomic mass is 19.4. The van der Waals surface area contributed by atoms with Crippen molar-refractivity contribution in [2.24, 2.45) is 5.10 Å². The van der Waals surface area contributed by atoms with Crippen molar-refractivity contribution < 1.29 is 37.0 Å². The average Bonchev–Trinajstić information content (AvgIpc) is 2.91. The van der Waals surface area contributed by atoms with E-state index >= 15 is 0 Å². The van der Waals surface area contributed by atoms with Crippen LogP contribution in [-0.4, -0.2) is 37.1 Å². The van der Waals surface area contributed by atoms with E-state index in [1.807, 2.05) is 6.92 Å². The summed E-state index contributed by atoms with van der Waals surface area (Å²) in [7, 11) is 0. The van der Waals surface area contributed by atoms with Gasteiger partial charge in [0.2, 0.25) is 0 Å². The molecule has 0 saturated carbocycles. The van der Waals surface area contributed by atoms with Gasteiger partial charge in [0.15, 0.2) is 6.61 Å². The van der Waals surface area contributed by atoms with E-state index in [4.69, 9.17) is 9.47 Å². The molecule has 3 aromatic rings. The summed E-state index contributed by atoms with van der Waals surface area (Å²) in [6.45, 7) is 2.09. The maximum atomic E-state index is 12.8. The highest BCUT2D eigenvalue weighted by Crippen LogP contribution is 2.30.